The number of hydrogen-bond donors (Lipinski definition) is 0. The average Bonchev–Trinajstić information content (AvgIpc) is 2.96. The molecule has 0 radical (unpaired) electrons. The highest BCUT2D eigenvalue weighted by Crippen LogP contribution is 2.54. The van der Waals surface area contributed by atoms with Gasteiger partial charge in [0.25, 0.3) is 0 Å². The molecule has 0 spiro atoms. The van der Waals surface area contributed by atoms with E-state index in [0.29, 0.717) is 11.8 Å². The van der Waals surface area contributed by atoms with Crippen LogP contribution in [-0.4, -0.2) is 22.8 Å². The van der Waals surface area contributed by atoms with Crippen LogP contribution in [0.25, 0.3) is 0 Å². The van der Waals surface area contributed by atoms with Gasteiger partial charge in [-0.1, -0.05) is 46.8 Å². The number of likely N-dealkylation sites (tertiary alicyclic amines) is 1. The fourth-order valence-electron chi connectivity index (χ4n) is 4.88. The number of nitrogens with zero attached hydrogens (tertiary/aromatic N) is 1. The molecule has 3 aliphatic rings. The van der Waals surface area contributed by atoms with E-state index < -0.39 is 0 Å². The van der Waals surface area contributed by atoms with Crippen molar-refractivity contribution in [1.82, 2.24) is 4.90 Å². The van der Waals surface area contributed by atoms with Crippen LogP contribution in [0.2, 0.25) is 0 Å². The predicted molar refractivity (Wildman–Crippen MR) is 77.7 cm³/mol. The van der Waals surface area contributed by atoms with E-state index in [0.717, 1.165) is 6.42 Å². The summed E-state index contributed by atoms with van der Waals surface area (Å²) >= 11 is 0. The Morgan fingerprint density at radius 2 is 1.50 bits per heavy atom. The first-order valence-corrected chi connectivity index (χ1v) is 7.78. The Morgan fingerprint density at radius 1 is 1.05 bits per heavy atom. The number of amides is 2. The number of fused-ring (bicyclic) bond motifs is 5. The van der Waals surface area contributed by atoms with Gasteiger partial charge in [-0.25, -0.2) is 0 Å². The summed E-state index contributed by atoms with van der Waals surface area (Å²) in [5.41, 5.74) is -0.0788. The van der Waals surface area contributed by atoms with E-state index in [1.807, 2.05) is 0 Å². The van der Waals surface area contributed by atoms with Crippen LogP contribution in [0.4, 0.5) is 0 Å². The van der Waals surface area contributed by atoms with Gasteiger partial charge in [-0.3, -0.25) is 14.5 Å². The van der Waals surface area contributed by atoms with E-state index in [4.69, 9.17) is 0 Å². The van der Waals surface area contributed by atoms with Crippen molar-refractivity contribution < 1.29 is 9.59 Å². The van der Waals surface area contributed by atoms with Crippen LogP contribution in [0.3, 0.4) is 0 Å². The molecule has 0 N–H and O–H groups in total. The Morgan fingerprint density at radius 3 is 1.85 bits per heavy atom. The first kappa shape index (κ1) is 13.8. The normalized spacial score (nSPS) is 37.2. The fraction of sp³-hybridized carbons (Fsp3) is 0.765. The molecule has 3 nitrogen and oxygen atoms in total. The third-order valence-electron chi connectivity index (χ3n) is 5.30. The first-order valence-electron chi connectivity index (χ1n) is 7.78. The average molecular weight is 275 g/mol. The molecule has 2 fully saturated rings. The minimum absolute atomic E-state index is 0.00694. The van der Waals surface area contributed by atoms with Crippen LogP contribution in [0.15, 0.2) is 12.2 Å². The second kappa shape index (κ2) is 4.19. The van der Waals surface area contributed by atoms with E-state index in [2.05, 4.69) is 46.8 Å². The predicted octanol–water partition coefficient (Wildman–Crippen LogP) is 2.86. The van der Waals surface area contributed by atoms with Crippen molar-refractivity contribution >= 4 is 11.8 Å². The van der Waals surface area contributed by atoms with Gasteiger partial charge in [-0.05, 0) is 29.6 Å². The molecule has 1 saturated carbocycles. The van der Waals surface area contributed by atoms with Gasteiger partial charge < -0.3 is 0 Å². The summed E-state index contributed by atoms with van der Waals surface area (Å²) < 4.78 is 0. The number of carbonyl (C=O) groups is 2. The molecule has 1 heterocycles. The Kier molecular flexibility index (Phi) is 2.90. The van der Waals surface area contributed by atoms with E-state index in [-0.39, 0.29) is 41.0 Å². The lowest BCUT2D eigenvalue weighted by atomic mass is 9.79. The summed E-state index contributed by atoms with van der Waals surface area (Å²) in [6, 6.07) is -0.00694. The maximum atomic E-state index is 12.9. The zero-order valence-corrected chi connectivity index (χ0v) is 13.1. The van der Waals surface area contributed by atoms with Crippen LogP contribution >= 0.6 is 0 Å². The van der Waals surface area contributed by atoms with Gasteiger partial charge in [0.2, 0.25) is 11.8 Å². The molecule has 2 amide bonds. The Hall–Kier alpha value is -1.12. The number of imide groups is 1. The molecule has 3 rings (SSSR count). The number of carbonyl (C=O) groups excluding carboxylic acids is 2. The lowest BCUT2D eigenvalue weighted by Gasteiger charge is -2.40. The van der Waals surface area contributed by atoms with Crippen LogP contribution in [0, 0.1) is 35.0 Å². The first-order chi connectivity index (χ1) is 9.23. The maximum Gasteiger partial charge on any atom is 0.233 e. The topological polar surface area (TPSA) is 37.4 Å². The molecule has 0 aromatic rings. The van der Waals surface area contributed by atoms with Gasteiger partial charge in [0, 0.05) is 6.04 Å². The van der Waals surface area contributed by atoms with Gasteiger partial charge >= 0.3 is 0 Å². The summed E-state index contributed by atoms with van der Waals surface area (Å²) in [6.07, 6.45) is 5.31. The molecular weight excluding hydrogens is 250 g/mol. The molecule has 2 aliphatic carbocycles. The summed E-state index contributed by atoms with van der Waals surface area (Å²) in [5, 5.41) is 0. The van der Waals surface area contributed by atoms with Gasteiger partial charge in [-0.15, -0.1) is 0 Å². The zero-order chi connectivity index (χ0) is 14.8. The van der Waals surface area contributed by atoms with E-state index in [1.54, 1.807) is 4.90 Å². The second-order valence-corrected chi connectivity index (χ2v) is 8.10. The van der Waals surface area contributed by atoms with Crippen molar-refractivity contribution in [1.29, 1.82) is 0 Å². The van der Waals surface area contributed by atoms with E-state index >= 15 is 0 Å². The van der Waals surface area contributed by atoms with Crippen LogP contribution in [0.5, 0.6) is 0 Å². The van der Waals surface area contributed by atoms with Gasteiger partial charge in [0.05, 0.1) is 11.8 Å². The molecule has 2 bridgehead atoms. The lowest BCUT2D eigenvalue weighted by molar-refractivity contribution is -0.147. The van der Waals surface area contributed by atoms with Crippen LogP contribution in [-0.2, 0) is 9.59 Å². The van der Waals surface area contributed by atoms with Crippen molar-refractivity contribution in [2.75, 3.05) is 0 Å². The summed E-state index contributed by atoms with van der Waals surface area (Å²) in [5.74, 6) is 0.934. The fourth-order valence-corrected chi connectivity index (χ4v) is 4.88. The molecular formula is C17H25NO2. The Bertz CT molecular complexity index is 456. The third-order valence-corrected chi connectivity index (χ3v) is 5.30. The highest BCUT2D eigenvalue weighted by molar-refractivity contribution is 6.06. The molecule has 0 aromatic carbocycles. The highest BCUT2D eigenvalue weighted by Gasteiger charge is 2.61. The lowest BCUT2D eigenvalue weighted by Crippen LogP contribution is -2.51. The number of rotatable bonds is 2. The minimum Gasteiger partial charge on any atom is -0.278 e. The molecule has 1 aliphatic heterocycles. The van der Waals surface area contributed by atoms with Crippen molar-refractivity contribution in [2.45, 2.75) is 47.1 Å². The van der Waals surface area contributed by atoms with E-state index in [9.17, 15) is 9.59 Å². The van der Waals surface area contributed by atoms with Crippen LogP contribution < -0.4 is 0 Å². The standard InChI is InChI=1S/C17H25NO2/c1-9(2)14(17(3,4)5)18-15(19)12-10-6-7-11(8-10)13(12)16(18)20/h6-7,9-14H,8H2,1-5H3. The quantitative estimate of drug-likeness (QED) is 0.574. The van der Waals surface area contributed by atoms with Crippen LogP contribution in [0.1, 0.15) is 41.0 Å². The van der Waals surface area contributed by atoms with Crippen molar-refractivity contribution in [3.05, 3.63) is 12.2 Å². The largest absolute Gasteiger partial charge is 0.278 e. The number of allylic oxidation sites excluding steroid dienone is 2. The molecule has 5 unspecified atom stereocenters. The minimum atomic E-state index is -0.0788. The summed E-state index contributed by atoms with van der Waals surface area (Å²) in [7, 11) is 0. The van der Waals surface area contributed by atoms with Crippen molar-refractivity contribution in [3.8, 4) is 0 Å². The monoisotopic (exact) mass is 275 g/mol. The summed E-state index contributed by atoms with van der Waals surface area (Å²) in [4.78, 5) is 27.3. The Labute approximate surface area is 121 Å². The van der Waals surface area contributed by atoms with E-state index in [1.165, 1.54) is 0 Å². The SMILES string of the molecule is CC(C)C(N1C(=O)C2C3C=CC(C3)C2C1=O)C(C)(C)C. The van der Waals surface area contributed by atoms with Crippen molar-refractivity contribution in [2.24, 2.45) is 35.0 Å². The third kappa shape index (κ3) is 1.71. The Balaban J connectivity index is 1.96. The number of hydrogen-bond acceptors (Lipinski definition) is 2. The summed E-state index contributed by atoms with van der Waals surface area (Å²) in [6.45, 7) is 10.6. The van der Waals surface area contributed by atoms with Gasteiger partial charge in [0.1, 0.15) is 0 Å². The second-order valence-electron chi connectivity index (χ2n) is 8.10. The molecule has 3 heteroatoms. The van der Waals surface area contributed by atoms with Gasteiger partial charge in [0.15, 0.2) is 0 Å². The smallest absolute Gasteiger partial charge is 0.233 e. The molecule has 0 aromatic heterocycles. The molecule has 20 heavy (non-hydrogen) atoms. The van der Waals surface area contributed by atoms with Gasteiger partial charge in [-0.2, -0.15) is 0 Å². The maximum absolute atomic E-state index is 12.9. The highest BCUT2D eigenvalue weighted by atomic mass is 16.2. The molecule has 1 saturated heterocycles. The molecule has 5 atom stereocenters. The zero-order valence-electron chi connectivity index (χ0n) is 13.1. The molecule has 110 valence electrons. The van der Waals surface area contributed by atoms with Crippen molar-refractivity contribution in [3.63, 3.8) is 0 Å².